The third-order valence-corrected chi connectivity index (χ3v) is 4.50. The fraction of sp³-hybridized carbons (Fsp3) is 0.529. The van der Waals surface area contributed by atoms with Gasteiger partial charge in [-0.05, 0) is 38.1 Å². The molecule has 20 heavy (non-hydrogen) atoms. The zero-order valence-corrected chi connectivity index (χ0v) is 12.3. The Hall–Kier alpha value is -1.32. The van der Waals surface area contributed by atoms with Crippen LogP contribution in [0.1, 0.15) is 30.4 Å². The zero-order valence-electron chi connectivity index (χ0n) is 12.3. The molecule has 0 saturated carbocycles. The van der Waals surface area contributed by atoms with Crippen LogP contribution in [0.2, 0.25) is 0 Å². The monoisotopic (exact) mass is 272 g/mol. The number of nitrogens with two attached hydrogens (primary N) is 1. The molecular weight excluding hydrogens is 248 g/mol. The summed E-state index contributed by atoms with van der Waals surface area (Å²) in [5.74, 6) is 1.07. The maximum Gasteiger partial charge on any atom is 0.130 e. The molecule has 2 N–H and O–H groups in total. The van der Waals surface area contributed by atoms with Gasteiger partial charge in [0.15, 0.2) is 0 Å². The van der Waals surface area contributed by atoms with E-state index in [1.54, 1.807) is 0 Å². The summed E-state index contributed by atoms with van der Waals surface area (Å²) in [5, 5.41) is 0. The van der Waals surface area contributed by atoms with Gasteiger partial charge in [0.2, 0.25) is 0 Å². The molecule has 3 rings (SSSR count). The molecule has 1 saturated heterocycles. The van der Waals surface area contributed by atoms with Crippen LogP contribution in [0.4, 0.5) is 0 Å². The van der Waals surface area contributed by atoms with Crippen molar-refractivity contribution >= 4 is 6.08 Å². The van der Waals surface area contributed by atoms with Crippen molar-refractivity contribution in [1.82, 2.24) is 4.90 Å². The standard InChI is InChI=1S/C17H24N2O/c1-14-4-2-5-15-6-7-17(20-16(14)15)8-12-19(13-9-17)11-3-10-18/h2,4-7H,3,8-13,18H2,1H3. The van der Waals surface area contributed by atoms with Crippen molar-refractivity contribution in [1.29, 1.82) is 0 Å². The number of aryl methyl sites for hydroxylation is 1. The van der Waals surface area contributed by atoms with Crippen LogP contribution >= 0.6 is 0 Å². The summed E-state index contributed by atoms with van der Waals surface area (Å²) >= 11 is 0. The number of ether oxygens (including phenoxy) is 1. The van der Waals surface area contributed by atoms with Gasteiger partial charge in [0, 0.05) is 31.5 Å². The molecular formula is C17H24N2O. The van der Waals surface area contributed by atoms with E-state index in [1.807, 2.05) is 0 Å². The molecule has 1 spiro atoms. The second-order valence-electron chi connectivity index (χ2n) is 5.98. The lowest BCUT2D eigenvalue weighted by atomic mass is 9.87. The first-order valence-corrected chi connectivity index (χ1v) is 7.63. The van der Waals surface area contributed by atoms with E-state index in [0.29, 0.717) is 0 Å². The van der Waals surface area contributed by atoms with Crippen LogP contribution in [0, 0.1) is 6.92 Å². The van der Waals surface area contributed by atoms with Crippen molar-refractivity contribution in [3.63, 3.8) is 0 Å². The van der Waals surface area contributed by atoms with Crippen LogP contribution in [0.25, 0.3) is 6.08 Å². The molecule has 3 nitrogen and oxygen atoms in total. The van der Waals surface area contributed by atoms with E-state index in [1.165, 1.54) is 11.1 Å². The second-order valence-corrected chi connectivity index (χ2v) is 5.98. The Balaban J connectivity index is 1.70. The van der Waals surface area contributed by atoms with E-state index >= 15 is 0 Å². The van der Waals surface area contributed by atoms with E-state index in [4.69, 9.17) is 10.5 Å². The van der Waals surface area contributed by atoms with Crippen LogP contribution in [0.3, 0.4) is 0 Å². The smallest absolute Gasteiger partial charge is 0.130 e. The van der Waals surface area contributed by atoms with Crippen LogP contribution in [-0.4, -0.2) is 36.7 Å². The van der Waals surface area contributed by atoms with Crippen LogP contribution in [0.5, 0.6) is 5.75 Å². The van der Waals surface area contributed by atoms with Gasteiger partial charge in [-0.25, -0.2) is 0 Å². The number of rotatable bonds is 3. The fourth-order valence-electron chi connectivity index (χ4n) is 3.16. The van der Waals surface area contributed by atoms with Crippen LogP contribution < -0.4 is 10.5 Å². The van der Waals surface area contributed by atoms with E-state index in [9.17, 15) is 0 Å². The number of benzene rings is 1. The molecule has 1 aromatic rings. The Morgan fingerprint density at radius 1 is 1.30 bits per heavy atom. The van der Waals surface area contributed by atoms with Gasteiger partial charge >= 0.3 is 0 Å². The number of piperidine rings is 1. The van der Waals surface area contributed by atoms with Gasteiger partial charge < -0.3 is 15.4 Å². The van der Waals surface area contributed by atoms with Gasteiger partial charge in [0.25, 0.3) is 0 Å². The van der Waals surface area contributed by atoms with Crippen LogP contribution in [0.15, 0.2) is 24.3 Å². The number of likely N-dealkylation sites (tertiary alicyclic amines) is 1. The molecule has 2 heterocycles. The molecule has 1 fully saturated rings. The van der Waals surface area contributed by atoms with E-state index in [-0.39, 0.29) is 5.60 Å². The first kappa shape index (κ1) is 13.7. The highest BCUT2D eigenvalue weighted by atomic mass is 16.5. The quantitative estimate of drug-likeness (QED) is 0.919. The minimum Gasteiger partial charge on any atom is -0.482 e. The van der Waals surface area contributed by atoms with Crippen molar-refractivity contribution in [2.75, 3.05) is 26.2 Å². The molecule has 3 heteroatoms. The molecule has 0 amide bonds. The molecule has 0 aromatic heterocycles. The van der Waals surface area contributed by atoms with Crippen molar-refractivity contribution in [3.05, 3.63) is 35.4 Å². The molecule has 108 valence electrons. The van der Waals surface area contributed by atoms with Gasteiger partial charge in [0.1, 0.15) is 11.4 Å². The summed E-state index contributed by atoms with van der Waals surface area (Å²) in [7, 11) is 0. The summed E-state index contributed by atoms with van der Waals surface area (Å²) in [4.78, 5) is 2.50. The third kappa shape index (κ3) is 2.60. The van der Waals surface area contributed by atoms with E-state index < -0.39 is 0 Å². The lowest BCUT2D eigenvalue weighted by molar-refractivity contribution is 0.0381. The number of hydrogen-bond donors (Lipinski definition) is 1. The summed E-state index contributed by atoms with van der Waals surface area (Å²) in [6.07, 6.45) is 7.74. The highest BCUT2D eigenvalue weighted by Crippen LogP contribution is 2.38. The maximum atomic E-state index is 6.41. The first-order valence-electron chi connectivity index (χ1n) is 7.63. The summed E-state index contributed by atoms with van der Waals surface area (Å²) in [6, 6.07) is 6.35. The van der Waals surface area contributed by atoms with Gasteiger partial charge in [0.05, 0.1) is 0 Å². The predicted molar refractivity (Wildman–Crippen MR) is 82.9 cm³/mol. The van der Waals surface area contributed by atoms with E-state index in [2.05, 4.69) is 42.2 Å². The minimum absolute atomic E-state index is 0.0850. The number of nitrogens with zero attached hydrogens (tertiary/aromatic N) is 1. The topological polar surface area (TPSA) is 38.5 Å². The van der Waals surface area contributed by atoms with Gasteiger partial charge in [-0.15, -0.1) is 0 Å². The summed E-state index contributed by atoms with van der Waals surface area (Å²) in [6.45, 7) is 6.23. The molecule has 1 aromatic carbocycles. The number of hydrogen-bond acceptors (Lipinski definition) is 3. The largest absolute Gasteiger partial charge is 0.482 e. The summed E-state index contributed by atoms with van der Waals surface area (Å²) < 4.78 is 6.41. The SMILES string of the molecule is Cc1cccc2c1OC1(C=C2)CCN(CCCN)CC1. The molecule has 0 aliphatic carbocycles. The molecule has 0 unspecified atom stereocenters. The van der Waals surface area contributed by atoms with Gasteiger partial charge in [-0.3, -0.25) is 0 Å². The lowest BCUT2D eigenvalue weighted by Crippen LogP contribution is -2.48. The highest BCUT2D eigenvalue weighted by Gasteiger charge is 2.36. The zero-order chi connectivity index (χ0) is 14.0. The Morgan fingerprint density at radius 3 is 2.85 bits per heavy atom. The number of fused-ring (bicyclic) bond motifs is 1. The number of para-hydroxylation sites is 1. The molecule has 2 aliphatic rings. The van der Waals surface area contributed by atoms with Crippen molar-refractivity contribution in [3.8, 4) is 5.75 Å². The predicted octanol–water partition coefficient (Wildman–Crippen LogP) is 2.58. The minimum atomic E-state index is -0.0850. The van der Waals surface area contributed by atoms with E-state index in [0.717, 1.165) is 51.2 Å². The molecule has 0 atom stereocenters. The Morgan fingerprint density at radius 2 is 2.10 bits per heavy atom. The summed E-state index contributed by atoms with van der Waals surface area (Å²) in [5.41, 5.74) is 7.95. The van der Waals surface area contributed by atoms with Crippen molar-refractivity contribution in [2.45, 2.75) is 31.8 Å². The fourth-order valence-corrected chi connectivity index (χ4v) is 3.16. The lowest BCUT2D eigenvalue weighted by Gasteiger charge is -2.42. The highest BCUT2D eigenvalue weighted by molar-refractivity contribution is 5.63. The maximum absolute atomic E-state index is 6.41. The molecule has 0 radical (unpaired) electrons. The normalized spacial score (nSPS) is 20.7. The van der Waals surface area contributed by atoms with Crippen molar-refractivity contribution < 1.29 is 4.74 Å². The van der Waals surface area contributed by atoms with Crippen molar-refractivity contribution in [2.24, 2.45) is 5.73 Å². The molecule has 2 aliphatic heterocycles. The second kappa shape index (κ2) is 5.58. The molecule has 0 bridgehead atoms. The van der Waals surface area contributed by atoms with Gasteiger partial charge in [-0.1, -0.05) is 24.3 Å². The Bertz CT molecular complexity index is 502. The first-order chi connectivity index (χ1) is 9.72. The Labute approximate surface area is 121 Å². The Kier molecular flexibility index (Phi) is 3.81. The third-order valence-electron chi connectivity index (χ3n) is 4.50. The average Bonchev–Trinajstić information content (AvgIpc) is 2.48. The average molecular weight is 272 g/mol. The van der Waals surface area contributed by atoms with Gasteiger partial charge in [-0.2, -0.15) is 0 Å². The van der Waals surface area contributed by atoms with Crippen LogP contribution in [-0.2, 0) is 0 Å².